The van der Waals surface area contributed by atoms with Crippen molar-refractivity contribution in [3.05, 3.63) is 99.6 Å². The summed E-state index contributed by atoms with van der Waals surface area (Å²) in [5.74, 6) is -2.60. The van der Waals surface area contributed by atoms with Gasteiger partial charge >= 0.3 is 0 Å². The summed E-state index contributed by atoms with van der Waals surface area (Å²) in [7, 11) is 0. The average Bonchev–Trinajstić information content (AvgIpc) is 3.05. The first-order chi connectivity index (χ1) is 15.0. The van der Waals surface area contributed by atoms with E-state index in [1.54, 1.807) is 0 Å². The summed E-state index contributed by atoms with van der Waals surface area (Å²) >= 11 is 6.38. The third-order valence-corrected chi connectivity index (χ3v) is 7.24. The maximum absolute atomic E-state index is 13.7. The van der Waals surface area contributed by atoms with Crippen LogP contribution >= 0.6 is 11.6 Å². The largest absolute Gasteiger partial charge is 0.366 e. The number of nitrogens with two attached hydrogens (primary N) is 1. The minimum Gasteiger partial charge on any atom is -0.366 e. The highest BCUT2D eigenvalue weighted by Crippen LogP contribution is 2.61. The summed E-state index contributed by atoms with van der Waals surface area (Å²) in [6, 6.07) is 20.5. The highest BCUT2D eigenvalue weighted by Gasteiger charge is 2.61. The maximum Gasteiger partial charge on any atom is 0.248 e. The number of imide groups is 1. The molecule has 0 saturated carbocycles. The quantitative estimate of drug-likeness (QED) is 0.630. The zero-order valence-electron chi connectivity index (χ0n) is 16.3. The molecule has 3 aromatic carbocycles. The van der Waals surface area contributed by atoms with E-state index >= 15 is 0 Å². The summed E-state index contributed by atoms with van der Waals surface area (Å²) in [4.78, 5) is 40.3. The number of amides is 3. The molecule has 0 aromatic heterocycles. The number of halogens is 1. The molecule has 3 amide bonds. The van der Waals surface area contributed by atoms with Crippen LogP contribution in [-0.4, -0.2) is 17.7 Å². The van der Waals surface area contributed by atoms with Crippen molar-refractivity contribution in [2.24, 2.45) is 17.6 Å². The molecule has 0 spiro atoms. The van der Waals surface area contributed by atoms with Gasteiger partial charge in [0, 0.05) is 17.4 Å². The number of hydrogen-bond donors (Lipinski definition) is 1. The Morgan fingerprint density at radius 2 is 1.23 bits per heavy atom. The van der Waals surface area contributed by atoms with Crippen molar-refractivity contribution in [2.45, 2.75) is 11.8 Å². The Balaban J connectivity index is 1.56. The molecule has 3 aliphatic carbocycles. The number of primary amides is 1. The van der Waals surface area contributed by atoms with Crippen molar-refractivity contribution in [1.82, 2.24) is 0 Å². The first-order valence-electron chi connectivity index (χ1n) is 10.1. The van der Waals surface area contributed by atoms with Crippen LogP contribution in [0.2, 0.25) is 5.02 Å². The molecule has 2 bridgehead atoms. The van der Waals surface area contributed by atoms with Gasteiger partial charge in [0.2, 0.25) is 17.7 Å². The van der Waals surface area contributed by atoms with Crippen molar-refractivity contribution < 1.29 is 14.4 Å². The second-order valence-corrected chi connectivity index (χ2v) is 8.71. The molecule has 4 aliphatic rings. The van der Waals surface area contributed by atoms with E-state index in [9.17, 15) is 14.4 Å². The number of carbonyl (C=O) groups is 3. The van der Waals surface area contributed by atoms with Crippen LogP contribution in [0.1, 0.15) is 44.4 Å². The highest BCUT2D eigenvalue weighted by atomic mass is 35.5. The van der Waals surface area contributed by atoms with Gasteiger partial charge in [-0.15, -0.1) is 0 Å². The Bertz CT molecular complexity index is 1200. The molecule has 5 nitrogen and oxygen atoms in total. The van der Waals surface area contributed by atoms with Crippen LogP contribution < -0.4 is 10.6 Å². The predicted molar refractivity (Wildman–Crippen MR) is 116 cm³/mol. The van der Waals surface area contributed by atoms with Crippen LogP contribution in [0.4, 0.5) is 5.69 Å². The molecule has 6 heteroatoms. The topological polar surface area (TPSA) is 80.5 Å². The van der Waals surface area contributed by atoms with E-state index in [0.29, 0.717) is 0 Å². The lowest BCUT2D eigenvalue weighted by molar-refractivity contribution is -0.122. The molecule has 1 fully saturated rings. The fourth-order valence-corrected chi connectivity index (χ4v) is 5.95. The minimum atomic E-state index is -0.644. The van der Waals surface area contributed by atoms with Gasteiger partial charge in [-0.2, -0.15) is 0 Å². The Kier molecular flexibility index (Phi) is 3.72. The van der Waals surface area contributed by atoms with E-state index in [1.165, 1.54) is 23.1 Å². The van der Waals surface area contributed by atoms with Gasteiger partial charge in [-0.3, -0.25) is 14.4 Å². The number of benzene rings is 3. The van der Waals surface area contributed by atoms with Crippen LogP contribution in [0.15, 0.2) is 66.7 Å². The van der Waals surface area contributed by atoms with Crippen molar-refractivity contribution in [3.63, 3.8) is 0 Å². The zero-order chi connectivity index (χ0) is 21.4. The second-order valence-electron chi connectivity index (χ2n) is 8.31. The van der Waals surface area contributed by atoms with E-state index in [0.717, 1.165) is 22.3 Å². The summed E-state index contributed by atoms with van der Waals surface area (Å²) in [6.07, 6.45) is 0. The third kappa shape index (κ3) is 2.29. The molecular formula is C25H17ClN2O3. The minimum absolute atomic E-state index is 0.193. The van der Waals surface area contributed by atoms with Crippen LogP contribution in [0.3, 0.4) is 0 Å². The molecule has 1 heterocycles. The highest BCUT2D eigenvalue weighted by molar-refractivity contribution is 6.36. The lowest BCUT2D eigenvalue weighted by Crippen LogP contribution is -2.41. The van der Waals surface area contributed by atoms with Gasteiger partial charge in [-0.05, 0) is 40.5 Å². The van der Waals surface area contributed by atoms with Crippen molar-refractivity contribution >= 4 is 35.0 Å². The second kappa shape index (κ2) is 6.28. The predicted octanol–water partition coefficient (Wildman–Crippen LogP) is 3.84. The van der Waals surface area contributed by atoms with Crippen molar-refractivity contribution in [1.29, 1.82) is 0 Å². The van der Waals surface area contributed by atoms with Crippen LogP contribution in [0, 0.1) is 11.8 Å². The first-order valence-corrected chi connectivity index (χ1v) is 10.5. The molecule has 2 atom stereocenters. The molecule has 3 aromatic rings. The van der Waals surface area contributed by atoms with Crippen molar-refractivity contribution in [2.75, 3.05) is 4.90 Å². The van der Waals surface area contributed by atoms with Gasteiger partial charge in [0.15, 0.2) is 0 Å². The molecular weight excluding hydrogens is 412 g/mol. The Labute approximate surface area is 183 Å². The molecule has 1 aliphatic heterocycles. The van der Waals surface area contributed by atoms with E-state index in [1.807, 2.05) is 24.3 Å². The molecule has 0 radical (unpaired) electrons. The van der Waals surface area contributed by atoms with Crippen LogP contribution in [-0.2, 0) is 9.59 Å². The molecule has 31 heavy (non-hydrogen) atoms. The van der Waals surface area contributed by atoms with Gasteiger partial charge in [-0.25, -0.2) is 4.90 Å². The summed E-state index contributed by atoms with van der Waals surface area (Å²) in [5.41, 5.74) is 10.2. The van der Waals surface area contributed by atoms with Gasteiger partial charge in [-0.1, -0.05) is 60.1 Å². The van der Waals surface area contributed by atoms with E-state index < -0.39 is 17.7 Å². The number of anilines is 1. The van der Waals surface area contributed by atoms with E-state index in [4.69, 9.17) is 17.3 Å². The van der Waals surface area contributed by atoms with Gasteiger partial charge < -0.3 is 5.73 Å². The van der Waals surface area contributed by atoms with Crippen LogP contribution in [0.5, 0.6) is 0 Å². The first kappa shape index (κ1) is 18.3. The fraction of sp³-hybridized carbons (Fsp3) is 0.160. The lowest BCUT2D eigenvalue weighted by atomic mass is 9.55. The Morgan fingerprint density at radius 1 is 0.774 bits per heavy atom. The van der Waals surface area contributed by atoms with Gasteiger partial charge in [0.05, 0.1) is 22.5 Å². The molecule has 152 valence electrons. The SMILES string of the molecule is NC(=O)c1ccc(Cl)c(N2C(=O)C3C4c5ccccc5C(c5ccccc54)C3C2=O)c1. The molecule has 2 unspecified atom stereocenters. The summed E-state index contributed by atoms with van der Waals surface area (Å²) < 4.78 is 0. The van der Waals surface area contributed by atoms with Crippen molar-refractivity contribution in [3.8, 4) is 0 Å². The zero-order valence-corrected chi connectivity index (χ0v) is 17.0. The Hall–Kier alpha value is -3.44. The number of carbonyl (C=O) groups excluding carboxylic acids is 3. The molecule has 1 saturated heterocycles. The maximum atomic E-state index is 13.7. The van der Waals surface area contributed by atoms with Crippen LogP contribution in [0.25, 0.3) is 0 Å². The van der Waals surface area contributed by atoms with E-state index in [2.05, 4.69) is 24.3 Å². The summed E-state index contributed by atoms with van der Waals surface area (Å²) in [5, 5.41) is 0.229. The lowest BCUT2D eigenvalue weighted by Gasteiger charge is -2.45. The normalized spacial score (nSPS) is 25.3. The third-order valence-electron chi connectivity index (χ3n) is 6.92. The summed E-state index contributed by atoms with van der Waals surface area (Å²) in [6.45, 7) is 0. The standard InChI is InChI=1S/C25H17ClN2O3/c26-17-10-9-12(23(27)29)11-18(17)28-24(30)21-19-13-5-1-2-6-14(13)20(22(21)25(28)31)16-8-4-3-7-15(16)19/h1-11,19-22H,(H2,27,29). The monoisotopic (exact) mass is 428 g/mol. The number of hydrogen-bond acceptors (Lipinski definition) is 3. The number of rotatable bonds is 2. The van der Waals surface area contributed by atoms with Gasteiger partial charge in [0.1, 0.15) is 0 Å². The molecule has 2 N–H and O–H groups in total. The average molecular weight is 429 g/mol. The number of nitrogens with zero attached hydrogens (tertiary/aromatic N) is 1. The fourth-order valence-electron chi connectivity index (χ4n) is 5.75. The van der Waals surface area contributed by atoms with E-state index in [-0.39, 0.29) is 39.9 Å². The van der Waals surface area contributed by atoms with Gasteiger partial charge in [0.25, 0.3) is 0 Å². The Morgan fingerprint density at radius 3 is 1.65 bits per heavy atom. The smallest absolute Gasteiger partial charge is 0.248 e. The molecule has 7 rings (SSSR count).